The summed E-state index contributed by atoms with van der Waals surface area (Å²) in [6, 6.07) is 9.36. The van der Waals surface area contributed by atoms with Crippen LogP contribution in [0, 0.1) is 11.3 Å². The SMILES string of the molecule is N#C[C@]1(O)CC=Cc2ccccc21. The molecule has 2 heteroatoms. The first kappa shape index (κ1) is 8.03. The summed E-state index contributed by atoms with van der Waals surface area (Å²) < 4.78 is 0. The van der Waals surface area contributed by atoms with Crippen LogP contribution in [0.2, 0.25) is 0 Å². The minimum Gasteiger partial charge on any atom is -0.371 e. The van der Waals surface area contributed by atoms with Gasteiger partial charge in [-0.3, -0.25) is 0 Å². The van der Waals surface area contributed by atoms with Crippen LogP contribution in [0.5, 0.6) is 0 Å². The molecule has 1 aromatic carbocycles. The van der Waals surface area contributed by atoms with Gasteiger partial charge in [-0.25, -0.2) is 0 Å². The highest BCUT2D eigenvalue weighted by atomic mass is 16.3. The molecule has 2 nitrogen and oxygen atoms in total. The van der Waals surface area contributed by atoms with Crippen LogP contribution in [-0.4, -0.2) is 5.11 Å². The average molecular weight is 171 g/mol. The minimum absolute atomic E-state index is 0.376. The maximum atomic E-state index is 9.92. The van der Waals surface area contributed by atoms with Crippen LogP contribution < -0.4 is 0 Å². The summed E-state index contributed by atoms with van der Waals surface area (Å²) in [7, 11) is 0. The second kappa shape index (κ2) is 2.72. The topological polar surface area (TPSA) is 44.0 Å². The molecule has 0 aliphatic heterocycles. The van der Waals surface area contributed by atoms with Gasteiger partial charge in [-0.05, 0) is 5.56 Å². The lowest BCUT2D eigenvalue weighted by Crippen LogP contribution is -2.25. The molecule has 2 rings (SSSR count). The Kier molecular flexibility index (Phi) is 1.68. The molecule has 0 saturated carbocycles. The number of nitrogens with zero attached hydrogens (tertiary/aromatic N) is 1. The second-order valence-corrected chi connectivity index (χ2v) is 3.17. The molecule has 0 aromatic heterocycles. The van der Waals surface area contributed by atoms with Crippen LogP contribution in [0.15, 0.2) is 30.3 Å². The van der Waals surface area contributed by atoms with Gasteiger partial charge in [-0.15, -0.1) is 0 Å². The van der Waals surface area contributed by atoms with Crippen molar-refractivity contribution in [1.82, 2.24) is 0 Å². The first-order valence-corrected chi connectivity index (χ1v) is 4.16. The molecule has 1 aliphatic carbocycles. The van der Waals surface area contributed by atoms with Crippen molar-refractivity contribution in [3.8, 4) is 6.07 Å². The molecule has 0 heterocycles. The number of hydrogen-bond acceptors (Lipinski definition) is 2. The summed E-state index contributed by atoms with van der Waals surface area (Å²) in [4.78, 5) is 0. The van der Waals surface area contributed by atoms with Crippen molar-refractivity contribution in [2.75, 3.05) is 0 Å². The zero-order chi connectivity index (χ0) is 9.31. The Labute approximate surface area is 76.7 Å². The summed E-state index contributed by atoms with van der Waals surface area (Å²) in [5.41, 5.74) is 0.309. The van der Waals surface area contributed by atoms with Crippen LogP contribution in [-0.2, 0) is 5.60 Å². The summed E-state index contributed by atoms with van der Waals surface area (Å²) in [6.45, 7) is 0. The van der Waals surface area contributed by atoms with E-state index in [1.54, 1.807) is 6.07 Å². The largest absolute Gasteiger partial charge is 0.371 e. The van der Waals surface area contributed by atoms with Gasteiger partial charge in [0.25, 0.3) is 0 Å². The van der Waals surface area contributed by atoms with Crippen molar-refractivity contribution < 1.29 is 5.11 Å². The molecule has 64 valence electrons. The first-order chi connectivity index (χ1) is 6.26. The molecular weight excluding hydrogens is 162 g/mol. The number of nitriles is 1. The van der Waals surface area contributed by atoms with Crippen molar-refractivity contribution in [3.63, 3.8) is 0 Å². The van der Waals surface area contributed by atoms with Crippen molar-refractivity contribution in [2.24, 2.45) is 0 Å². The van der Waals surface area contributed by atoms with E-state index in [-0.39, 0.29) is 0 Å². The molecule has 0 saturated heterocycles. The molecule has 1 N–H and O–H groups in total. The van der Waals surface area contributed by atoms with Gasteiger partial charge in [0.2, 0.25) is 0 Å². The van der Waals surface area contributed by atoms with E-state index >= 15 is 0 Å². The van der Waals surface area contributed by atoms with Crippen molar-refractivity contribution >= 4 is 6.08 Å². The molecule has 1 aliphatic rings. The predicted octanol–water partition coefficient (Wildman–Crippen LogP) is 1.81. The molecule has 0 spiro atoms. The van der Waals surface area contributed by atoms with E-state index in [1.165, 1.54) is 0 Å². The quantitative estimate of drug-likeness (QED) is 0.605. The summed E-state index contributed by atoms with van der Waals surface area (Å²) in [5, 5.41) is 18.8. The summed E-state index contributed by atoms with van der Waals surface area (Å²) in [6.07, 6.45) is 4.13. The highest BCUT2D eigenvalue weighted by molar-refractivity contribution is 5.59. The Hall–Kier alpha value is -1.59. The van der Waals surface area contributed by atoms with Crippen LogP contribution >= 0.6 is 0 Å². The van der Waals surface area contributed by atoms with Crippen molar-refractivity contribution in [2.45, 2.75) is 12.0 Å². The molecule has 0 bridgehead atoms. The lowest BCUT2D eigenvalue weighted by atomic mass is 9.84. The van der Waals surface area contributed by atoms with Gasteiger partial charge in [-0.2, -0.15) is 5.26 Å². The van der Waals surface area contributed by atoms with Gasteiger partial charge in [0.1, 0.15) is 6.07 Å². The van der Waals surface area contributed by atoms with E-state index in [0.717, 1.165) is 5.56 Å². The molecule has 0 unspecified atom stereocenters. The summed E-state index contributed by atoms with van der Waals surface area (Å²) >= 11 is 0. The van der Waals surface area contributed by atoms with Crippen molar-refractivity contribution in [1.29, 1.82) is 5.26 Å². The second-order valence-electron chi connectivity index (χ2n) is 3.17. The Bertz CT molecular complexity index is 403. The fraction of sp³-hybridized carbons (Fsp3) is 0.182. The molecule has 1 aromatic rings. The van der Waals surface area contributed by atoms with E-state index in [0.29, 0.717) is 12.0 Å². The van der Waals surface area contributed by atoms with Crippen LogP contribution in [0.1, 0.15) is 17.5 Å². The van der Waals surface area contributed by atoms with E-state index in [9.17, 15) is 5.11 Å². The van der Waals surface area contributed by atoms with Gasteiger partial charge in [0.05, 0.1) is 0 Å². The number of benzene rings is 1. The Morgan fingerprint density at radius 1 is 1.38 bits per heavy atom. The maximum absolute atomic E-state index is 9.92. The molecule has 0 amide bonds. The Morgan fingerprint density at radius 3 is 2.92 bits per heavy atom. The van der Waals surface area contributed by atoms with Crippen LogP contribution in [0.3, 0.4) is 0 Å². The molecular formula is C11H9NO. The minimum atomic E-state index is -1.33. The van der Waals surface area contributed by atoms with Gasteiger partial charge in [0, 0.05) is 12.0 Å². The highest BCUT2D eigenvalue weighted by Crippen LogP contribution is 2.32. The standard InChI is InChI=1S/C11H9NO/c12-8-11(13)7-3-5-9-4-1-2-6-10(9)11/h1-6,13H,7H2/t11-/m1/s1. The third-order valence-electron chi connectivity index (χ3n) is 2.30. The Morgan fingerprint density at radius 2 is 2.15 bits per heavy atom. The summed E-state index contributed by atoms with van der Waals surface area (Å²) in [5.74, 6) is 0. The zero-order valence-corrected chi connectivity index (χ0v) is 7.07. The third-order valence-corrected chi connectivity index (χ3v) is 2.30. The zero-order valence-electron chi connectivity index (χ0n) is 7.07. The van der Waals surface area contributed by atoms with E-state index in [1.807, 2.05) is 36.4 Å². The van der Waals surface area contributed by atoms with E-state index in [4.69, 9.17) is 5.26 Å². The number of rotatable bonds is 0. The highest BCUT2D eigenvalue weighted by Gasteiger charge is 2.31. The van der Waals surface area contributed by atoms with Gasteiger partial charge in [-0.1, -0.05) is 36.4 Å². The first-order valence-electron chi connectivity index (χ1n) is 4.16. The lowest BCUT2D eigenvalue weighted by Gasteiger charge is -2.24. The van der Waals surface area contributed by atoms with E-state index < -0.39 is 5.60 Å². The predicted molar refractivity (Wildman–Crippen MR) is 49.6 cm³/mol. The number of hydrogen-bond donors (Lipinski definition) is 1. The van der Waals surface area contributed by atoms with Gasteiger partial charge >= 0.3 is 0 Å². The Balaban J connectivity index is 2.64. The molecule has 13 heavy (non-hydrogen) atoms. The van der Waals surface area contributed by atoms with Gasteiger partial charge < -0.3 is 5.11 Å². The number of aliphatic hydroxyl groups is 1. The fourth-order valence-electron chi connectivity index (χ4n) is 1.59. The maximum Gasteiger partial charge on any atom is 0.180 e. The molecule has 1 atom stereocenters. The van der Waals surface area contributed by atoms with E-state index in [2.05, 4.69) is 0 Å². The number of fused-ring (bicyclic) bond motifs is 1. The monoisotopic (exact) mass is 171 g/mol. The van der Waals surface area contributed by atoms with Crippen LogP contribution in [0.4, 0.5) is 0 Å². The van der Waals surface area contributed by atoms with Gasteiger partial charge in [0.15, 0.2) is 5.60 Å². The lowest BCUT2D eigenvalue weighted by molar-refractivity contribution is 0.0999. The smallest absolute Gasteiger partial charge is 0.180 e. The molecule has 0 radical (unpaired) electrons. The normalized spacial score (nSPS) is 24.9. The average Bonchev–Trinajstić information content (AvgIpc) is 2.19. The molecule has 0 fully saturated rings. The van der Waals surface area contributed by atoms with Crippen LogP contribution in [0.25, 0.3) is 6.08 Å². The third kappa shape index (κ3) is 1.14. The fourth-order valence-corrected chi connectivity index (χ4v) is 1.59. The van der Waals surface area contributed by atoms with Crippen molar-refractivity contribution in [3.05, 3.63) is 41.5 Å².